The van der Waals surface area contributed by atoms with Gasteiger partial charge in [-0.1, -0.05) is 48.5 Å². The molecule has 0 aromatic heterocycles. The zero-order chi connectivity index (χ0) is 15.9. The third kappa shape index (κ3) is 4.65. The Kier molecular flexibility index (Phi) is 5.40. The lowest BCUT2D eigenvalue weighted by molar-refractivity contribution is -0.0612. The maximum absolute atomic E-state index is 12.0. The van der Waals surface area contributed by atoms with Gasteiger partial charge in [-0.25, -0.2) is 4.79 Å². The van der Waals surface area contributed by atoms with Crippen LogP contribution >= 0.6 is 0 Å². The Morgan fingerprint density at radius 1 is 1.09 bits per heavy atom. The summed E-state index contributed by atoms with van der Waals surface area (Å²) < 4.78 is 11.1. The number of carbonyl (C=O) groups excluding carboxylic acids is 1. The monoisotopic (exact) mass is 311 g/mol. The molecule has 1 atom stereocenters. The average Bonchev–Trinajstić information content (AvgIpc) is 2.62. The van der Waals surface area contributed by atoms with Gasteiger partial charge in [-0.3, -0.25) is 4.90 Å². The normalized spacial score (nSPS) is 18.5. The highest BCUT2D eigenvalue weighted by atomic mass is 16.6. The lowest BCUT2D eigenvalue weighted by Crippen LogP contribution is -2.44. The van der Waals surface area contributed by atoms with Gasteiger partial charge in [0.1, 0.15) is 12.7 Å². The minimum Gasteiger partial charge on any atom is -0.459 e. The second-order valence-corrected chi connectivity index (χ2v) is 5.68. The molecule has 0 saturated carbocycles. The van der Waals surface area contributed by atoms with Crippen molar-refractivity contribution in [2.75, 3.05) is 26.3 Å². The van der Waals surface area contributed by atoms with Gasteiger partial charge in [-0.15, -0.1) is 0 Å². The van der Waals surface area contributed by atoms with Gasteiger partial charge in [0, 0.05) is 19.6 Å². The number of ether oxygens (including phenoxy) is 2. The van der Waals surface area contributed by atoms with Crippen LogP contribution in [-0.2, 0) is 16.0 Å². The molecule has 1 unspecified atom stereocenters. The summed E-state index contributed by atoms with van der Waals surface area (Å²) in [5.41, 5.74) is 1.86. The van der Waals surface area contributed by atoms with Gasteiger partial charge in [-0.2, -0.15) is 0 Å². The second-order valence-electron chi connectivity index (χ2n) is 5.68. The Labute approximate surface area is 136 Å². The van der Waals surface area contributed by atoms with Crippen LogP contribution in [0.3, 0.4) is 0 Å². The zero-order valence-electron chi connectivity index (χ0n) is 13.1. The van der Waals surface area contributed by atoms with Crippen LogP contribution in [0.2, 0.25) is 0 Å². The van der Waals surface area contributed by atoms with E-state index in [-0.39, 0.29) is 12.1 Å². The number of hydrogen-bond donors (Lipinski definition) is 0. The summed E-state index contributed by atoms with van der Waals surface area (Å²) in [5, 5.41) is 0. The SMILES string of the molecule is O=C(OCC1CN(Cc2ccccc2)CCO1)c1ccccc1. The largest absolute Gasteiger partial charge is 0.459 e. The first-order valence-electron chi connectivity index (χ1n) is 7.91. The van der Waals surface area contributed by atoms with E-state index in [0.29, 0.717) is 18.8 Å². The van der Waals surface area contributed by atoms with Crippen LogP contribution in [0.25, 0.3) is 0 Å². The average molecular weight is 311 g/mol. The Balaban J connectivity index is 1.48. The molecule has 3 rings (SSSR count). The van der Waals surface area contributed by atoms with Gasteiger partial charge >= 0.3 is 5.97 Å². The molecule has 4 nitrogen and oxygen atoms in total. The number of benzene rings is 2. The van der Waals surface area contributed by atoms with E-state index in [9.17, 15) is 4.79 Å². The summed E-state index contributed by atoms with van der Waals surface area (Å²) in [4.78, 5) is 14.3. The summed E-state index contributed by atoms with van der Waals surface area (Å²) in [5.74, 6) is -0.297. The standard InChI is InChI=1S/C19H21NO3/c21-19(17-9-5-2-6-10-17)23-15-18-14-20(11-12-22-18)13-16-7-3-1-4-8-16/h1-10,18H,11-15H2. The fourth-order valence-corrected chi connectivity index (χ4v) is 2.69. The first kappa shape index (κ1) is 15.7. The van der Waals surface area contributed by atoms with Crippen LogP contribution in [0.5, 0.6) is 0 Å². The van der Waals surface area contributed by atoms with Crippen LogP contribution in [0.4, 0.5) is 0 Å². The van der Waals surface area contributed by atoms with E-state index in [1.165, 1.54) is 5.56 Å². The molecule has 2 aromatic rings. The van der Waals surface area contributed by atoms with E-state index in [0.717, 1.165) is 19.6 Å². The number of nitrogens with zero attached hydrogens (tertiary/aromatic N) is 1. The number of esters is 1. The predicted octanol–water partition coefficient (Wildman–Crippen LogP) is 2.74. The fourth-order valence-electron chi connectivity index (χ4n) is 2.69. The second kappa shape index (κ2) is 7.90. The maximum Gasteiger partial charge on any atom is 0.338 e. The van der Waals surface area contributed by atoms with Crippen molar-refractivity contribution in [1.82, 2.24) is 4.90 Å². The molecule has 0 bridgehead atoms. The minimum absolute atomic E-state index is 0.0693. The van der Waals surface area contributed by atoms with E-state index < -0.39 is 0 Å². The molecule has 1 heterocycles. The van der Waals surface area contributed by atoms with Gasteiger partial charge in [0.25, 0.3) is 0 Å². The molecule has 2 aromatic carbocycles. The summed E-state index contributed by atoms with van der Waals surface area (Å²) in [6, 6.07) is 19.4. The molecule has 1 aliphatic rings. The summed E-state index contributed by atoms with van der Waals surface area (Å²) >= 11 is 0. The molecule has 0 aliphatic carbocycles. The van der Waals surface area contributed by atoms with Crippen LogP contribution in [0.15, 0.2) is 60.7 Å². The molecule has 4 heteroatoms. The number of morpholine rings is 1. The molecule has 0 amide bonds. The van der Waals surface area contributed by atoms with Crippen molar-refractivity contribution in [2.45, 2.75) is 12.6 Å². The highest BCUT2D eigenvalue weighted by Gasteiger charge is 2.22. The lowest BCUT2D eigenvalue weighted by Gasteiger charge is -2.32. The Bertz CT molecular complexity index is 615. The van der Waals surface area contributed by atoms with Crippen molar-refractivity contribution in [1.29, 1.82) is 0 Å². The van der Waals surface area contributed by atoms with Crippen molar-refractivity contribution in [3.63, 3.8) is 0 Å². The highest BCUT2D eigenvalue weighted by Crippen LogP contribution is 2.11. The van der Waals surface area contributed by atoms with Crippen LogP contribution in [0, 0.1) is 0 Å². The van der Waals surface area contributed by atoms with Crippen molar-refractivity contribution in [3.05, 3.63) is 71.8 Å². The van der Waals surface area contributed by atoms with Crippen molar-refractivity contribution < 1.29 is 14.3 Å². The Hall–Kier alpha value is -2.17. The Morgan fingerprint density at radius 2 is 1.78 bits per heavy atom. The first-order chi connectivity index (χ1) is 11.3. The van der Waals surface area contributed by atoms with Crippen molar-refractivity contribution in [3.8, 4) is 0 Å². The van der Waals surface area contributed by atoms with Gasteiger partial charge in [0.2, 0.25) is 0 Å². The topological polar surface area (TPSA) is 38.8 Å². The minimum atomic E-state index is -0.297. The van der Waals surface area contributed by atoms with E-state index in [1.54, 1.807) is 12.1 Å². The zero-order valence-corrected chi connectivity index (χ0v) is 13.1. The fraction of sp³-hybridized carbons (Fsp3) is 0.316. The molecule has 0 spiro atoms. The first-order valence-corrected chi connectivity index (χ1v) is 7.91. The van der Waals surface area contributed by atoms with E-state index in [4.69, 9.17) is 9.47 Å². The van der Waals surface area contributed by atoms with Crippen LogP contribution in [-0.4, -0.2) is 43.3 Å². The molecular formula is C19H21NO3. The molecule has 23 heavy (non-hydrogen) atoms. The smallest absolute Gasteiger partial charge is 0.338 e. The predicted molar refractivity (Wildman–Crippen MR) is 88.2 cm³/mol. The quantitative estimate of drug-likeness (QED) is 0.796. The van der Waals surface area contributed by atoms with Gasteiger partial charge in [0.15, 0.2) is 0 Å². The summed E-state index contributed by atoms with van der Waals surface area (Å²) in [7, 11) is 0. The van der Waals surface area contributed by atoms with E-state index in [2.05, 4.69) is 29.2 Å². The molecule has 1 fully saturated rings. The Morgan fingerprint density at radius 3 is 2.52 bits per heavy atom. The maximum atomic E-state index is 12.0. The number of rotatable bonds is 5. The lowest BCUT2D eigenvalue weighted by atomic mass is 10.2. The van der Waals surface area contributed by atoms with E-state index >= 15 is 0 Å². The molecule has 1 aliphatic heterocycles. The highest BCUT2D eigenvalue weighted by molar-refractivity contribution is 5.89. The summed E-state index contributed by atoms with van der Waals surface area (Å²) in [6.07, 6.45) is -0.0693. The van der Waals surface area contributed by atoms with Gasteiger partial charge in [0.05, 0.1) is 12.2 Å². The van der Waals surface area contributed by atoms with Gasteiger partial charge < -0.3 is 9.47 Å². The molecule has 0 N–H and O–H groups in total. The van der Waals surface area contributed by atoms with Gasteiger partial charge in [-0.05, 0) is 17.7 Å². The molecule has 120 valence electrons. The summed E-state index contributed by atoms with van der Waals surface area (Å²) in [6.45, 7) is 3.53. The molecule has 1 saturated heterocycles. The van der Waals surface area contributed by atoms with Crippen LogP contribution in [0.1, 0.15) is 15.9 Å². The number of hydrogen-bond acceptors (Lipinski definition) is 4. The van der Waals surface area contributed by atoms with Crippen molar-refractivity contribution >= 4 is 5.97 Å². The third-order valence-electron chi connectivity index (χ3n) is 3.88. The molecule has 0 radical (unpaired) electrons. The third-order valence-corrected chi connectivity index (χ3v) is 3.88. The van der Waals surface area contributed by atoms with Crippen LogP contribution < -0.4 is 0 Å². The van der Waals surface area contributed by atoms with E-state index in [1.807, 2.05) is 24.3 Å². The molecular weight excluding hydrogens is 290 g/mol. The number of carbonyl (C=O) groups is 1. The van der Waals surface area contributed by atoms with Crippen molar-refractivity contribution in [2.24, 2.45) is 0 Å².